The molecule has 0 aromatic rings. The molecule has 2 rings (SSSR count). The molecule has 124 valence electrons. The predicted octanol–water partition coefficient (Wildman–Crippen LogP) is 2.67. The first-order chi connectivity index (χ1) is 9.92. The zero-order valence-corrected chi connectivity index (χ0v) is 15.0. The van der Waals surface area contributed by atoms with Crippen molar-refractivity contribution >= 4 is 0 Å². The maximum atomic E-state index is 3.80. The minimum atomic E-state index is 0.452. The summed E-state index contributed by atoms with van der Waals surface area (Å²) in [5.41, 5.74) is 0.452. The van der Waals surface area contributed by atoms with E-state index in [4.69, 9.17) is 0 Å². The number of nitrogens with zero attached hydrogens (tertiary/aromatic N) is 2. The second kappa shape index (κ2) is 7.43. The summed E-state index contributed by atoms with van der Waals surface area (Å²) >= 11 is 0. The molecule has 3 atom stereocenters. The predicted molar refractivity (Wildman–Crippen MR) is 91.7 cm³/mol. The molecule has 1 aliphatic carbocycles. The van der Waals surface area contributed by atoms with Gasteiger partial charge in [0.1, 0.15) is 0 Å². The third-order valence-corrected chi connectivity index (χ3v) is 5.74. The topological polar surface area (TPSA) is 18.5 Å². The summed E-state index contributed by atoms with van der Waals surface area (Å²) in [6.07, 6.45) is 5.56. The molecule has 1 aliphatic heterocycles. The van der Waals surface area contributed by atoms with Crippen molar-refractivity contribution in [1.82, 2.24) is 15.1 Å². The first kappa shape index (κ1) is 17.2. The normalized spacial score (nSPS) is 33.7. The number of hydrogen-bond donors (Lipinski definition) is 1. The van der Waals surface area contributed by atoms with E-state index in [1.807, 2.05) is 0 Å². The van der Waals surface area contributed by atoms with Gasteiger partial charge in [-0.3, -0.25) is 0 Å². The highest BCUT2D eigenvalue weighted by Gasteiger charge is 2.38. The molecule has 21 heavy (non-hydrogen) atoms. The minimum absolute atomic E-state index is 0.452. The average Bonchev–Trinajstić information content (AvgIpc) is 2.78. The summed E-state index contributed by atoms with van der Waals surface area (Å²) in [5.74, 6) is 1.70. The van der Waals surface area contributed by atoms with Crippen molar-refractivity contribution in [3.8, 4) is 0 Å². The Hall–Kier alpha value is -0.120. The Morgan fingerprint density at radius 1 is 1.24 bits per heavy atom. The lowest BCUT2D eigenvalue weighted by molar-refractivity contribution is 0.0828. The van der Waals surface area contributed by atoms with Gasteiger partial charge in [-0.2, -0.15) is 0 Å². The van der Waals surface area contributed by atoms with E-state index in [2.05, 4.69) is 50.0 Å². The maximum absolute atomic E-state index is 3.80. The molecule has 1 heterocycles. The lowest BCUT2D eigenvalue weighted by atomic mass is 9.67. The van der Waals surface area contributed by atoms with Crippen molar-refractivity contribution in [1.29, 1.82) is 0 Å². The van der Waals surface area contributed by atoms with E-state index < -0.39 is 0 Å². The molecule has 3 unspecified atom stereocenters. The third-order valence-electron chi connectivity index (χ3n) is 5.74. The van der Waals surface area contributed by atoms with Gasteiger partial charge in [-0.1, -0.05) is 27.2 Å². The van der Waals surface area contributed by atoms with E-state index in [0.717, 1.165) is 18.4 Å². The van der Waals surface area contributed by atoms with Gasteiger partial charge in [0, 0.05) is 25.7 Å². The molecular formula is C18H37N3. The summed E-state index contributed by atoms with van der Waals surface area (Å²) < 4.78 is 0. The molecular weight excluding hydrogens is 258 g/mol. The van der Waals surface area contributed by atoms with E-state index in [9.17, 15) is 0 Å². The van der Waals surface area contributed by atoms with Crippen molar-refractivity contribution in [2.75, 3.05) is 46.8 Å². The van der Waals surface area contributed by atoms with Crippen LogP contribution in [0, 0.1) is 17.3 Å². The van der Waals surface area contributed by atoms with Crippen LogP contribution in [-0.4, -0.2) is 62.7 Å². The van der Waals surface area contributed by atoms with Crippen LogP contribution >= 0.6 is 0 Å². The molecule has 2 aliphatic rings. The average molecular weight is 296 g/mol. The highest BCUT2D eigenvalue weighted by atomic mass is 15.2. The largest absolute Gasteiger partial charge is 0.313 e. The first-order valence-electron chi connectivity index (χ1n) is 9.03. The van der Waals surface area contributed by atoms with Crippen molar-refractivity contribution in [3.05, 3.63) is 0 Å². The number of rotatable bonds is 6. The standard InChI is InChI=1S/C18H37N3/c1-6-19-17-16(8-7-10-18(17,2)3)14-21(5)13-15-9-11-20(4)12-15/h15-17,19H,6-14H2,1-5H3. The minimum Gasteiger partial charge on any atom is -0.313 e. The Labute approximate surface area is 132 Å². The molecule has 0 radical (unpaired) electrons. The number of hydrogen-bond acceptors (Lipinski definition) is 3. The Kier molecular flexibility index (Phi) is 6.10. The fourth-order valence-corrected chi connectivity index (χ4v) is 4.73. The highest BCUT2D eigenvalue weighted by molar-refractivity contribution is 4.94. The fourth-order valence-electron chi connectivity index (χ4n) is 4.73. The van der Waals surface area contributed by atoms with Crippen LogP contribution in [0.3, 0.4) is 0 Å². The molecule has 0 spiro atoms. The lowest BCUT2D eigenvalue weighted by Crippen LogP contribution is -2.52. The van der Waals surface area contributed by atoms with E-state index in [0.29, 0.717) is 11.5 Å². The molecule has 2 fully saturated rings. The summed E-state index contributed by atoms with van der Waals surface area (Å²) in [7, 11) is 4.59. The van der Waals surface area contributed by atoms with Gasteiger partial charge in [-0.25, -0.2) is 0 Å². The molecule has 1 N–H and O–H groups in total. The maximum Gasteiger partial charge on any atom is 0.0159 e. The van der Waals surface area contributed by atoms with Crippen molar-refractivity contribution < 1.29 is 0 Å². The van der Waals surface area contributed by atoms with E-state index in [1.54, 1.807) is 0 Å². The molecule has 0 aromatic carbocycles. The summed E-state index contributed by atoms with van der Waals surface area (Å²) in [6, 6.07) is 0.685. The van der Waals surface area contributed by atoms with Crippen LogP contribution in [-0.2, 0) is 0 Å². The zero-order valence-electron chi connectivity index (χ0n) is 15.0. The van der Waals surface area contributed by atoms with Gasteiger partial charge in [-0.15, -0.1) is 0 Å². The Morgan fingerprint density at radius 2 is 2.00 bits per heavy atom. The molecule has 0 aromatic heterocycles. The van der Waals surface area contributed by atoms with Gasteiger partial charge in [0.2, 0.25) is 0 Å². The Bertz CT molecular complexity index is 316. The number of nitrogens with one attached hydrogen (secondary N) is 1. The molecule has 0 bridgehead atoms. The summed E-state index contributed by atoms with van der Waals surface area (Å²) in [6.45, 7) is 13.4. The van der Waals surface area contributed by atoms with Crippen LogP contribution in [0.25, 0.3) is 0 Å². The van der Waals surface area contributed by atoms with Crippen LogP contribution in [0.4, 0.5) is 0 Å². The van der Waals surface area contributed by atoms with Crippen LogP contribution in [0.5, 0.6) is 0 Å². The van der Waals surface area contributed by atoms with E-state index in [1.165, 1.54) is 51.9 Å². The van der Waals surface area contributed by atoms with E-state index >= 15 is 0 Å². The van der Waals surface area contributed by atoms with Gasteiger partial charge in [0.05, 0.1) is 0 Å². The fraction of sp³-hybridized carbons (Fsp3) is 1.00. The first-order valence-corrected chi connectivity index (χ1v) is 9.03. The smallest absolute Gasteiger partial charge is 0.0159 e. The molecule has 0 amide bonds. The number of likely N-dealkylation sites (tertiary alicyclic amines) is 1. The second-order valence-electron chi connectivity index (χ2n) is 8.31. The third kappa shape index (κ3) is 4.67. The van der Waals surface area contributed by atoms with Crippen molar-refractivity contribution in [2.45, 2.75) is 52.5 Å². The monoisotopic (exact) mass is 295 g/mol. The van der Waals surface area contributed by atoms with Gasteiger partial charge < -0.3 is 15.1 Å². The van der Waals surface area contributed by atoms with Gasteiger partial charge >= 0.3 is 0 Å². The van der Waals surface area contributed by atoms with Crippen LogP contribution in [0.2, 0.25) is 0 Å². The Morgan fingerprint density at radius 3 is 2.62 bits per heavy atom. The lowest BCUT2D eigenvalue weighted by Gasteiger charge is -2.46. The quantitative estimate of drug-likeness (QED) is 0.813. The zero-order chi connectivity index (χ0) is 15.5. The van der Waals surface area contributed by atoms with Crippen LogP contribution < -0.4 is 5.32 Å². The van der Waals surface area contributed by atoms with Gasteiger partial charge in [-0.05, 0) is 63.7 Å². The van der Waals surface area contributed by atoms with Gasteiger partial charge in [0.25, 0.3) is 0 Å². The molecule has 3 heteroatoms. The van der Waals surface area contributed by atoms with Gasteiger partial charge in [0.15, 0.2) is 0 Å². The second-order valence-corrected chi connectivity index (χ2v) is 8.31. The van der Waals surface area contributed by atoms with Crippen LogP contribution in [0.15, 0.2) is 0 Å². The molecule has 1 saturated carbocycles. The van der Waals surface area contributed by atoms with Crippen molar-refractivity contribution in [3.63, 3.8) is 0 Å². The SMILES string of the molecule is CCNC1C(CN(C)CC2CCN(C)C2)CCCC1(C)C. The summed E-state index contributed by atoms with van der Waals surface area (Å²) in [5, 5.41) is 3.80. The molecule has 3 nitrogen and oxygen atoms in total. The van der Waals surface area contributed by atoms with Crippen molar-refractivity contribution in [2.24, 2.45) is 17.3 Å². The highest BCUT2D eigenvalue weighted by Crippen LogP contribution is 2.39. The Balaban J connectivity index is 1.87. The molecule has 1 saturated heterocycles. The van der Waals surface area contributed by atoms with Crippen LogP contribution in [0.1, 0.15) is 46.5 Å². The van der Waals surface area contributed by atoms with E-state index in [-0.39, 0.29) is 0 Å². The summed E-state index contributed by atoms with van der Waals surface area (Å²) in [4.78, 5) is 5.09.